The predicted octanol–water partition coefficient (Wildman–Crippen LogP) is 2.19. The first kappa shape index (κ1) is 6.09. The average molecular weight is 147 g/mol. The van der Waals surface area contributed by atoms with Gasteiger partial charge >= 0.3 is 0 Å². The Hall–Kier alpha value is -1.64. The van der Waals surface area contributed by atoms with E-state index < -0.39 is 0 Å². The van der Waals surface area contributed by atoms with E-state index in [-0.39, 0.29) is 10.6 Å². The molecule has 0 aromatic heterocycles. The Kier molecular flexibility index (Phi) is 1.06. The van der Waals surface area contributed by atoms with Crippen LogP contribution >= 0.6 is 0 Å². The van der Waals surface area contributed by atoms with Gasteiger partial charge in [-0.25, -0.2) is 0 Å². The van der Waals surface area contributed by atoms with Crippen LogP contribution in [0.1, 0.15) is 0 Å². The molecular weight excluding hydrogens is 142 g/mol. The number of hydrogen-bond donors (Lipinski definition) is 0. The van der Waals surface area contributed by atoms with Gasteiger partial charge in [0.1, 0.15) is 0 Å². The summed E-state index contributed by atoms with van der Waals surface area (Å²) in [5.41, 5.74) is 0.199. The quantitative estimate of drug-likeness (QED) is 0.458. The molecule has 0 atom stereocenters. The number of rotatable bonds is 1. The molecule has 0 unspecified atom stereocenters. The molecular formula is C8H5NO2. The fourth-order valence-electron chi connectivity index (χ4n) is 1.15. The Morgan fingerprint density at radius 3 is 2.09 bits per heavy atom. The maximum Gasteiger partial charge on any atom is 0.277 e. The highest BCUT2D eigenvalue weighted by Gasteiger charge is 2.09. The first-order valence-electron chi connectivity index (χ1n) is 3.24. The summed E-state index contributed by atoms with van der Waals surface area (Å²) in [4.78, 5) is 10.0. The molecule has 0 saturated carbocycles. The third-order valence-electron chi connectivity index (χ3n) is 1.71. The topological polar surface area (TPSA) is 43.1 Å². The lowest BCUT2D eigenvalue weighted by molar-refractivity contribution is -0.383. The maximum absolute atomic E-state index is 10.4. The number of non-ortho nitro benzene ring substituents is 1. The normalized spacial score (nSPS) is 10.5. The van der Waals surface area contributed by atoms with E-state index in [1.807, 2.05) is 12.1 Å². The smallest absolute Gasteiger partial charge is 0.258 e. The monoisotopic (exact) mass is 147 g/mol. The number of nitro benzene ring substituents is 1. The lowest BCUT2D eigenvalue weighted by Crippen LogP contribution is -1.89. The highest BCUT2D eigenvalue weighted by molar-refractivity contribution is 5.80. The van der Waals surface area contributed by atoms with Crippen molar-refractivity contribution in [1.82, 2.24) is 0 Å². The molecule has 0 heterocycles. The molecule has 0 fully saturated rings. The number of benzene rings is 3. The summed E-state index contributed by atoms with van der Waals surface area (Å²) in [7, 11) is 0. The van der Waals surface area contributed by atoms with Crippen molar-refractivity contribution in [1.29, 1.82) is 0 Å². The molecule has 0 aliphatic carbocycles. The zero-order valence-electron chi connectivity index (χ0n) is 5.65. The predicted molar refractivity (Wildman–Crippen MR) is 41.8 cm³/mol. The molecule has 0 spiro atoms. The van der Waals surface area contributed by atoms with E-state index >= 15 is 0 Å². The molecule has 0 saturated heterocycles. The Labute approximate surface area is 62.7 Å². The van der Waals surface area contributed by atoms with Crippen molar-refractivity contribution in [2.24, 2.45) is 0 Å². The first-order valence-corrected chi connectivity index (χ1v) is 3.24. The Balaban J connectivity index is 2.78. The molecule has 3 aromatic rings. The second-order valence-corrected chi connectivity index (χ2v) is 2.41. The third-order valence-corrected chi connectivity index (χ3v) is 1.71. The van der Waals surface area contributed by atoms with Crippen molar-refractivity contribution in [3.8, 4) is 0 Å². The third kappa shape index (κ3) is 0.816. The molecule has 0 aliphatic rings. The van der Waals surface area contributed by atoms with E-state index in [0.29, 0.717) is 5.39 Å². The number of fused-ring (bicyclic) bond motifs is 3. The molecule has 0 aliphatic heterocycles. The van der Waals surface area contributed by atoms with Gasteiger partial charge in [-0.3, -0.25) is 10.1 Å². The summed E-state index contributed by atoms with van der Waals surface area (Å²) >= 11 is 0. The molecule has 3 nitrogen and oxygen atoms in total. The molecule has 0 N–H and O–H groups in total. The molecule has 2 bridgehead atoms. The summed E-state index contributed by atoms with van der Waals surface area (Å²) in [5.74, 6) is 0. The van der Waals surface area contributed by atoms with Gasteiger partial charge in [0.2, 0.25) is 0 Å². The van der Waals surface area contributed by atoms with Crippen LogP contribution in [0.3, 0.4) is 0 Å². The SMILES string of the molecule is O=[N+]([O-])c1cc2ccc1cc2. The van der Waals surface area contributed by atoms with Crippen LogP contribution in [0, 0.1) is 10.1 Å². The van der Waals surface area contributed by atoms with Crippen LogP contribution in [0.5, 0.6) is 0 Å². The summed E-state index contributed by atoms with van der Waals surface area (Å²) in [6, 6.07) is 8.82. The van der Waals surface area contributed by atoms with Crippen LogP contribution in [0.4, 0.5) is 5.69 Å². The maximum atomic E-state index is 10.4. The van der Waals surface area contributed by atoms with E-state index in [9.17, 15) is 10.1 Å². The van der Waals surface area contributed by atoms with Crippen LogP contribution in [-0.4, -0.2) is 4.92 Å². The van der Waals surface area contributed by atoms with Gasteiger partial charge < -0.3 is 0 Å². The molecule has 54 valence electrons. The van der Waals surface area contributed by atoms with E-state index in [0.717, 1.165) is 5.39 Å². The van der Waals surface area contributed by atoms with E-state index in [4.69, 9.17) is 0 Å². The van der Waals surface area contributed by atoms with Crippen molar-refractivity contribution >= 4 is 16.5 Å². The van der Waals surface area contributed by atoms with Crippen molar-refractivity contribution in [3.63, 3.8) is 0 Å². The standard InChI is InChI=1S/C8H5NO2/c10-9(11)8-5-6-1-3-7(8)4-2-6/h1-5H. The van der Waals surface area contributed by atoms with E-state index in [1.54, 1.807) is 18.2 Å². The van der Waals surface area contributed by atoms with Gasteiger partial charge in [0, 0.05) is 6.07 Å². The molecule has 3 heteroatoms. The van der Waals surface area contributed by atoms with Gasteiger partial charge in [-0.05, 0) is 17.5 Å². The minimum atomic E-state index is -0.359. The highest BCUT2D eigenvalue weighted by Crippen LogP contribution is 2.24. The van der Waals surface area contributed by atoms with Gasteiger partial charge in [0.25, 0.3) is 5.69 Å². The van der Waals surface area contributed by atoms with Crippen LogP contribution in [0.2, 0.25) is 0 Å². The van der Waals surface area contributed by atoms with Gasteiger partial charge in [0.05, 0.1) is 10.3 Å². The Morgan fingerprint density at radius 2 is 1.82 bits per heavy atom. The van der Waals surface area contributed by atoms with Crippen LogP contribution in [-0.2, 0) is 0 Å². The van der Waals surface area contributed by atoms with Crippen LogP contribution in [0.25, 0.3) is 10.8 Å². The minimum absolute atomic E-state index is 0.199. The van der Waals surface area contributed by atoms with Gasteiger partial charge in [-0.1, -0.05) is 12.1 Å². The van der Waals surface area contributed by atoms with Crippen molar-refractivity contribution < 1.29 is 4.92 Å². The highest BCUT2D eigenvalue weighted by atomic mass is 16.6. The van der Waals surface area contributed by atoms with Crippen molar-refractivity contribution in [2.45, 2.75) is 0 Å². The zero-order chi connectivity index (χ0) is 7.84. The average Bonchev–Trinajstić information content (AvgIpc) is 2.06. The Morgan fingerprint density at radius 1 is 1.18 bits per heavy atom. The van der Waals surface area contributed by atoms with Crippen LogP contribution < -0.4 is 0 Å². The Bertz CT molecular complexity index is 377. The largest absolute Gasteiger partial charge is 0.277 e. The van der Waals surface area contributed by atoms with Gasteiger partial charge in [-0.15, -0.1) is 0 Å². The second-order valence-electron chi connectivity index (χ2n) is 2.41. The van der Waals surface area contributed by atoms with Gasteiger partial charge in [-0.2, -0.15) is 0 Å². The first-order chi connectivity index (χ1) is 5.27. The number of nitrogens with zero attached hydrogens (tertiary/aromatic N) is 1. The van der Waals surface area contributed by atoms with E-state index in [1.165, 1.54) is 0 Å². The van der Waals surface area contributed by atoms with Crippen LogP contribution in [0.15, 0.2) is 30.3 Å². The molecule has 11 heavy (non-hydrogen) atoms. The second kappa shape index (κ2) is 1.92. The van der Waals surface area contributed by atoms with Crippen molar-refractivity contribution in [3.05, 3.63) is 40.4 Å². The molecule has 0 amide bonds. The molecule has 3 aromatic carbocycles. The fourth-order valence-corrected chi connectivity index (χ4v) is 1.15. The summed E-state index contributed by atoms with van der Waals surface area (Å²) in [6.45, 7) is 0. The van der Waals surface area contributed by atoms with Crippen molar-refractivity contribution in [2.75, 3.05) is 0 Å². The molecule has 0 radical (unpaired) electrons. The molecule has 3 rings (SSSR count). The summed E-state index contributed by atoms with van der Waals surface area (Å²) in [6.07, 6.45) is 0. The number of hydrogen-bond acceptors (Lipinski definition) is 2. The summed E-state index contributed by atoms with van der Waals surface area (Å²) < 4.78 is 0. The van der Waals surface area contributed by atoms with E-state index in [2.05, 4.69) is 0 Å². The fraction of sp³-hybridized carbons (Fsp3) is 0. The zero-order valence-corrected chi connectivity index (χ0v) is 5.65. The lowest BCUT2D eigenvalue weighted by Gasteiger charge is -1.98. The lowest BCUT2D eigenvalue weighted by atomic mass is 10.1. The minimum Gasteiger partial charge on any atom is -0.258 e. The van der Waals surface area contributed by atoms with Gasteiger partial charge in [0.15, 0.2) is 0 Å². The summed E-state index contributed by atoms with van der Waals surface area (Å²) in [5, 5.41) is 12.0. The number of nitro groups is 1.